The highest BCUT2D eigenvalue weighted by molar-refractivity contribution is 5.59. The summed E-state index contributed by atoms with van der Waals surface area (Å²) in [4.78, 5) is 2.56. The summed E-state index contributed by atoms with van der Waals surface area (Å²) in [6.45, 7) is 9.80. The van der Waals surface area contributed by atoms with Crippen molar-refractivity contribution in [2.24, 2.45) is 5.92 Å². The van der Waals surface area contributed by atoms with Crippen LogP contribution in [0.1, 0.15) is 43.9 Å². The first-order chi connectivity index (χ1) is 10.3. The van der Waals surface area contributed by atoms with E-state index in [4.69, 9.17) is 4.74 Å². The summed E-state index contributed by atoms with van der Waals surface area (Å²) in [5.41, 5.74) is 4.40. The van der Waals surface area contributed by atoms with Gasteiger partial charge in [-0.25, -0.2) is 0 Å². The maximum absolute atomic E-state index is 5.51. The molecule has 2 aliphatic heterocycles. The molecule has 3 rings (SSSR count). The Bertz CT molecular complexity index is 468. The smallest absolute Gasteiger partial charge is 0.0512 e. The molecule has 1 saturated heterocycles. The quantitative estimate of drug-likeness (QED) is 0.870. The van der Waals surface area contributed by atoms with E-state index in [1.165, 1.54) is 42.6 Å². The van der Waals surface area contributed by atoms with Gasteiger partial charge in [0.25, 0.3) is 0 Å². The number of nitrogens with zero attached hydrogens (tertiary/aromatic N) is 1. The highest BCUT2D eigenvalue weighted by Crippen LogP contribution is 2.32. The van der Waals surface area contributed by atoms with Crippen LogP contribution in [0.25, 0.3) is 0 Å². The van der Waals surface area contributed by atoms with Crippen LogP contribution >= 0.6 is 0 Å². The van der Waals surface area contributed by atoms with Crippen LogP contribution in [0, 0.1) is 5.92 Å². The third kappa shape index (κ3) is 3.41. The molecule has 0 spiro atoms. The summed E-state index contributed by atoms with van der Waals surface area (Å²) in [6.07, 6.45) is 3.60. The molecule has 0 saturated carbocycles. The van der Waals surface area contributed by atoms with E-state index in [2.05, 4.69) is 42.3 Å². The number of anilines is 1. The zero-order valence-corrected chi connectivity index (χ0v) is 13.4. The number of fused-ring (bicyclic) bond motifs is 1. The van der Waals surface area contributed by atoms with Gasteiger partial charge in [0.05, 0.1) is 6.61 Å². The van der Waals surface area contributed by atoms with Crippen molar-refractivity contribution in [3.8, 4) is 0 Å². The summed E-state index contributed by atoms with van der Waals surface area (Å²) >= 11 is 0. The van der Waals surface area contributed by atoms with E-state index in [0.29, 0.717) is 6.04 Å². The Hall–Kier alpha value is -1.06. The van der Waals surface area contributed by atoms with Crippen molar-refractivity contribution >= 4 is 5.69 Å². The maximum Gasteiger partial charge on any atom is 0.0512 e. The van der Waals surface area contributed by atoms with E-state index in [9.17, 15) is 0 Å². The molecular formula is C18H28N2O. The zero-order valence-electron chi connectivity index (χ0n) is 13.4. The van der Waals surface area contributed by atoms with Crippen molar-refractivity contribution < 1.29 is 4.74 Å². The molecule has 2 atom stereocenters. The number of ether oxygens (including phenoxy) is 1. The van der Waals surface area contributed by atoms with Crippen molar-refractivity contribution in [1.29, 1.82) is 0 Å². The molecular weight excluding hydrogens is 260 g/mol. The molecule has 0 bridgehead atoms. The first-order valence-electron chi connectivity index (χ1n) is 8.47. The van der Waals surface area contributed by atoms with Crippen LogP contribution in [-0.2, 0) is 11.2 Å². The lowest BCUT2D eigenvalue weighted by molar-refractivity contribution is 0.186. The second kappa shape index (κ2) is 6.80. The van der Waals surface area contributed by atoms with Gasteiger partial charge >= 0.3 is 0 Å². The maximum atomic E-state index is 5.51. The third-order valence-electron chi connectivity index (χ3n) is 4.80. The van der Waals surface area contributed by atoms with Gasteiger partial charge in [0, 0.05) is 37.3 Å². The third-order valence-corrected chi connectivity index (χ3v) is 4.80. The van der Waals surface area contributed by atoms with E-state index >= 15 is 0 Å². The first kappa shape index (κ1) is 14.9. The van der Waals surface area contributed by atoms with Crippen molar-refractivity contribution in [2.45, 2.75) is 39.2 Å². The van der Waals surface area contributed by atoms with Crippen molar-refractivity contribution in [3.63, 3.8) is 0 Å². The molecule has 1 aromatic carbocycles. The summed E-state index contributed by atoms with van der Waals surface area (Å²) in [6, 6.07) is 7.49. The molecule has 2 unspecified atom stereocenters. The van der Waals surface area contributed by atoms with Crippen molar-refractivity contribution in [1.82, 2.24) is 5.32 Å². The molecule has 3 nitrogen and oxygen atoms in total. The van der Waals surface area contributed by atoms with Crippen LogP contribution in [-0.4, -0.2) is 32.8 Å². The second-order valence-corrected chi connectivity index (χ2v) is 6.49. The lowest BCUT2D eigenvalue weighted by Gasteiger charge is -2.23. The standard InChI is InChI=1S/C18H28N2O/c1-3-8-19-14(2)16-4-5-18-17(11-16)6-9-20(18)12-15-7-10-21-13-15/h4-5,11,14-15,19H,3,6-10,12-13H2,1-2H3. The summed E-state index contributed by atoms with van der Waals surface area (Å²) in [7, 11) is 0. The molecule has 0 radical (unpaired) electrons. The highest BCUT2D eigenvalue weighted by Gasteiger charge is 2.24. The molecule has 2 heterocycles. The molecule has 116 valence electrons. The minimum atomic E-state index is 0.451. The SMILES string of the molecule is CCCNC(C)c1ccc2c(c1)CCN2CC1CCOC1. The Labute approximate surface area is 128 Å². The fraction of sp³-hybridized carbons (Fsp3) is 0.667. The van der Waals surface area contributed by atoms with E-state index in [0.717, 1.165) is 32.2 Å². The predicted molar refractivity (Wildman–Crippen MR) is 88.0 cm³/mol. The van der Waals surface area contributed by atoms with Crippen molar-refractivity contribution in [3.05, 3.63) is 29.3 Å². The minimum Gasteiger partial charge on any atom is -0.381 e. The lowest BCUT2D eigenvalue weighted by atomic mass is 10.0. The lowest BCUT2D eigenvalue weighted by Crippen LogP contribution is -2.27. The Morgan fingerprint density at radius 1 is 1.43 bits per heavy atom. The molecule has 2 aliphatic rings. The van der Waals surface area contributed by atoms with Gasteiger partial charge in [-0.2, -0.15) is 0 Å². The van der Waals surface area contributed by atoms with Crippen LogP contribution in [0.2, 0.25) is 0 Å². The number of nitrogens with one attached hydrogen (secondary N) is 1. The van der Waals surface area contributed by atoms with E-state index < -0.39 is 0 Å². The summed E-state index contributed by atoms with van der Waals surface area (Å²) < 4.78 is 5.51. The van der Waals surface area contributed by atoms with Crippen LogP contribution in [0.4, 0.5) is 5.69 Å². The van der Waals surface area contributed by atoms with Crippen LogP contribution in [0.15, 0.2) is 18.2 Å². The molecule has 1 N–H and O–H groups in total. The highest BCUT2D eigenvalue weighted by atomic mass is 16.5. The predicted octanol–water partition coefficient (Wildman–Crippen LogP) is 3.15. The van der Waals surface area contributed by atoms with Gasteiger partial charge < -0.3 is 15.0 Å². The van der Waals surface area contributed by atoms with E-state index in [1.807, 2.05) is 0 Å². The van der Waals surface area contributed by atoms with E-state index in [1.54, 1.807) is 0 Å². The molecule has 0 aromatic heterocycles. The normalized spacial score (nSPS) is 22.6. The van der Waals surface area contributed by atoms with Gasteiger partial charge in [0.2, 0.25) is 0 Å². The van der Waals surface area contributed by atoms with Gasteiger partial charge in [0.1, 0.15) is 0 Å². The molecule has 0 amide bonds. The Balaban J connectivity index is 1.66. The first-order valence-corrected chi connectivity index (χ1v) is 8.47. The van der Waals surface area contributed by atoms with Crippen molar-refractivity contribution in [2.75, 3.05) is 37.7 Å². The summed E-state index contributed by atoms with van der Waals surface area (Å²) in [5, 5.41) is 3.58. The largest absolute Gasteiger partial charge is 0.381 e. The molecule has 3 heteroatoms. The summed E-state index contributed by atoms with van der Waals surface area (Å²) in [5.74, 6) is 0.723. The molecule has 0 aliphatic carbocycles. The van der Waals surface area contributed by atoms with Crippen LogP contribution < -0.4 is 10.2 Å². The number of hydrogen-bond acceptors (Lipinski definition) is 3. The van der Waals surface area contributed by atoms with Crippen LogP contribution in [0.3, 0.4) is 0 Å². The number of benzene rings is 1. The fourth-order valence-electron chi connectivity index (χ4n) is 3.47. The molecule has 21 heavy (non-hydrogen) atoms. The Morgan fingerprint density at radius 3 is 3.10 bits per heavy atom. The Morgan fingerprint density at radius 2 is 2.33 bits per heavy atom. The minimum absolute atomic E-state index is 0.451. The molecule has 1 fully saturated rings. The van der Waals surface area contributed by atoms with Gasteiger partial charge in [-0.1, -0.05) is 19.1 Å². The Kier molecular flexibility index (Phi) is 4.81. The zero-order chi connectivity index (χ0) is 14.7. The average Bonchev–Trinajstić information content (AvgIpc) is 3.15. The van der Waals surface area contributed by atoms with Gasteiger partial charge in [-0.3, -0.25) is 0 Å². The average molecular weight is 288 g/mol. The van der Waals surface area contributed by atoms with Gasteiger partial charge in [-0.15, -0.1) is 0 Å². The second-order valence-electron chi connectivity index (χ2n) is 6.49. The number of hydrogen-bond donors (Lipinski definition) is 1. The van der Waals surface area contributed by atoms with Gasteiger partial charge in [0.15, 0.2) is 0 Å². The fourth-order valence-corrected chi connectivity index (χ4v) is 3.47. The monoisotopic (exact) mass is 288 g/mol. The topological polar surface area (TPSA) is 24.5 Å². The molecule has 1 aromatic rings. The van der Waals surface area contributed by atoms with E-state index in [-0.39, 0.29) is 0 Å². The number of rotatable bonds is 6. The van der Waals surface area contributed by atoms with Gasteiger partial charge in [-0.05, 0) is 49.9 Å². The van der Waals surface area contributed by atoms with Crippen LogP contribution in [0.5, 0.6) is 0 Å².